The maximum absolute atomic E-state index is 13.9. The number of H-pyrrole nitrogens is 1. The zero-order chi connectivity index (χ0) is 28.3. The van der Waals surface area contributed by atoms with Crippen LogP contribution in [-0.2, 0) is 23.4 Å². The second-order valence-corrected chi connectivity index (χ2v) is 11.8. The molecule has 5 atom stereocenters. The smallest absolute Gasteiger partial charge is 0.459 e. The SMILES string of the molecule is CC(NP(=O)(OCC1(O)COC(n2ccc(=O)[nH]c2=O)C1(C)O)Oc1ccccc1)C(=O)OC1CCCCC1. The van der Waals surface area contributed by atoms with Gasteiger partial charge in [0.1, 0.15) is 29.1 Å². The van der Waals surface area contributed by atoms with Gasteiger partial charge in [-0.25, -0.2) is 9.36 Å². The first-order valence-electron chi connectivity index (χ1n) is 12.8. The Labute approximate surface area is 224 Å². The van der Waals surface area contributed by atoms with Gasteiger partial charge < -0.3 is 24.2 Å². The van der Waals surface area contributed by atoms with Crippen LogP contribution in [0, 0.1) is 0 Å². The third-order valence-corrected chi connectivity index (χ3v) is 8.61. The molecule has 0 spiro atoms. The molecule has 2 aliphatic rings. The van der Waals surface area contributed by atoms with E-state index in [0.717, 1.165) is 48.9 Å². The largest absolute Gasteiger partial charge is 0.461 e. The Hall–Kier alpha value is -2.80. The second-order valence-electron chi connectivity index (χ2n) is 10.1. The van der Waals surface area contributed by atoms with Gasteiger partial charge in [-0.3, -0.25) is 23.7 Å². The minimum absolute atomic E-state index is 0.167. The lowest BCUT2D eigenvalue weighted by Gasteiger charge is -2.36. The number of benzene rings is 1. The van der Waals surface area contributed by atoms with Gasteiger partial charge in [0.25, 0.3) is 5.56 Å². The van der Waals surface area contributed by atoms with Crippen molar-refractivity contribution in [2.24, 2.45) is 0 Å². The average molecular weight is 568 g/mol. The number of para-hydroxylation sites is 1. The lowest BCUT2D eigenvalue weighted by atomic mass is 9.86. The third kappa shape index (κ3) is 6.68. The maximum Gasteiger partial charge on any atom is 0.459 e. The van der Waals surface area contributed by atoms with Crippen LogP contribution in [0.1, 0.15) is 52.2 Å². The van der Waals surface area contributed by atoms with Gasteiger partial charge in [-0.2, -0.15) is 5.09 Å². The molecule has 1 saturated heterocycles. The van der Waals surface area contributed by atoms with E-state index in [4.69, 9.17) is 18.5 Å². The van der Waals surface area contributed by atoms with E-state index >= 15 is 0 Å². The van der Waals surface area contributed by atoms with Crippen LogP contribution in [0.5, 0.6) is 5.75 Å². The summed E-state index contributed by atoms with van der Waals surface area (Å²) in [5.41, 5.74) is -5.81. The van der Waals surface area contributed by atoms with Crippen molar-refractivity contribution in [1.82, 2.24) is 14.6 Å². The number of aliphatic hydroxyl groups is 2. The number of ether oxygens (including phenoxy) is 2. The quantitative estimate of drug-likeness (QED) is 0.242. The van der Waals surface area contributed by atoms with Gasteiger partial charge in [0, 0.05) is 12.3 Å². The summed E-state index contributed by atoms with van der Waals surface area (Å²) >= 11 is 0. The number of aromatic nitrogens is 2. The van der Waals surface area contributed by atoms with E-state index in [1.165, 1.54) is 26.0 Å². The van der Waals surface area contributed by atoms with E-state index in [9.17, 15) is 29.2 Å². The van der Waals surface area contributed by atoms with Gasteiger partial charge in [-0.15, -0.1) is 0 Å². The summed E-state index contributed by atoms with van der Waals surface area (Å²) in [4.78, 5) is 38.5. The zero-order valence-electron chi connectivity index (χ0n) is 21.8. The number of aromatic amines is 1. The summed E-state index contributed by atoms with van der Waals surface area (Å²) < 4.78 is 37.0. The van der Waals surface area contributed by atoms with Crippen LogP contribution in [0.15, 0.2) is 52.2 Å². The van der Waals surface area contributed by atoms with E-state index in [1.54, 1.807) is 18.2 Å². The van der Waals surface area contributed by atoms with Crippen LogP contribution in [-0.4, -0.2) is 62.3 Å². The van der Waals surface area contributed by atoms with E-state index < -0.39 is 61.7 Å². The normalized spacial score (nSPS) is 27.9. The molecule has 14 heteroatoms. The molecule has 39 heavy (non-hydrogen) atoms. The molecule has 1 saturated carbocycles. The average Bonchev–Trinajstić information content (AvgIpc) is 3.13. The third-order valence-electron chi connectivity index (χ3n) is 6.99. The Balaban J connectivity index is 1.50. The fourth-order valence-electron chi connectivity index (χ4n) is 4.55. The van der Waals surface area contributed by atoms with E-state index in [0.29, 0.717) is 0 Å². The molecule has 0 bridgehead atoms. The Morgan fingerprint density at radius 1 is 1.21 bits per heavy atom. The van der Waals surface area contributed by atoms with Crippen molar-refractivity contribution in [2.75, 3.05) is 13.2 Å². The van der Waals surface area contributed by atoms with Crippen LogP contribution in [0.2, 0.25) is 0 Å². The molecule has 0 radical (unpaired) electrons. The van der Waals surface area contributed by atoms with Crippen LogP contribution in [0.3, 0.4) is 0 Å². The molecule has 13 nitrogen and oxygen atoms in total. The molecule has 1 aromatic carbocycles. The van der Waals surface area contributed by atoms with Crippen molar-refractivity contribution >= 4 is 13.7 Å². The first kappa shape index (κ1) is 29.2. The monoisotopic (exact) mass is 567 g/mol. The summed E-state index contributed by atoms with van der Waals surface area (Å²) in [5, 5.41) is 25.1. The second kappa shape index (κ2) is 11.7. The number of hydrogen-bond acceptors (Lipinski definition) is 10. The summed E-state index contributed by atoms with van der Waals surface area (Å²) in [6.45, 7) is 1.39. The summed E-state index contributed by atoms with van der Waals surface area (Å²) in [6.07, 6.45) is 4.04. The Bertz CT molecular complexity index is 1310. The van der Waals surface area contributed by atoms with E-state index in [2.05, 4.69) is 10.1 Å². The Kier molecular flexibility index (Phi) is 8.79. The highest BCUT2D eigenvalue weighted by atomic mass is 31.2. The molecular formula is C25H34N3O10P. The minimum Gasteiger partial charge on any atom is -0.461 e. The number of esters is 1. The first-order valence-corrected chi connectivity index (χ1v) is 14.3. The van der Waals surface area contributed by atoms with Crippen molar-refractivity contribution in [3.63, 3.8) is 0 Å². The summed E-state index contributed by atoms with van der Waals surface area (Å²) in [7, 11) is -4.36. The number of rotatable bonds is 10. The van der Waals surface area contributed by atoms with Crippen molar-refractivity contribution < 1.29 is 38.1 Å². The molecule has 4 rings (SSSR count). The Morgan fingerprint density at radius 2 is 1.90 bits per heavy atom. The van der Waals surface area contributed by atoms with Gasteiger partial charge in [0.15, 0.2) is 6.23 Å². The summed E-state index contributed by atoms with van der Waals surface area (Å²) in [6, 6.07) is 8.06. The van der Waals surface area contributed by atoms with Gasteiger partial charge in [0.05, 0.1) is 13.2 Å². The van der Waals surface area contributed by atoms with Crippen molar-refractivity contribution in [2.45, 2.75) is 75.5 Å². The lowest BCUT2D eigenvalue weighted by molar-refractivity contribution is -0.154. The number of nitrogens with one attached hydrogen (secondary N) is 2. The van der Waals surface area contributed by atoms with E-state index in [1.807, 2.05) is 0 Å². The molecule has 1 aliphatic carbocycles. The van der Waals surface area contributed by atoms with Crippen molar-refractivity contribution in [3.05, 3.63) is 63.4 Å². The molecule has 1 aliphatic heterocycles. The van der Waals surface area contributed by atoms with Crippen LogP contribution < -0.4 is 20.9 Å². The highest BCUT2D eigenvalue weighted by Crippen LogP contribution is 2.48. The van der Waals surface area contributed by atoms with Gasteiger partial charge >= 0.3 is 19.4 Å². The fraction of sp³-hybridized carbons (Fsp3) is 0.560. The van der Waals surface area contributed by atoms with Gasteiger partial charge in [-0.1, -0.05) is 24.6 Å². The Morgan fingerprint density at radius 3 is 2.56 bits per heavy atom. The van der Waals surface area contributed by atoms with Gasteiger partial charge in [-0.05, 0) is 51.7 Å². The predicted molar refractivity (Wildman–Crippen MR) is 138 cm³/mol. The molecule has 214 valence electrons. The lowest BCUT2D eigenvalue weighted by Crippen LogP contribution is -2.57. The minimum atomic E-state index is -4.36. The highest BCUT2D eigenvalue weighted by molar-refractivity contribution is 7.52. The maximum atomic E-state index is 13.9. The zero-order valence-corrected chi connectivity index (χ0v) is 22.7. The predicted octanol–water partition coefficient (Wildman–Crippen LogP) is 1.61. The molecule has 2 aromatic rings. The number of nitrogens with zero attached hydrogens (tertiary/aromatic N) is 1. The topological polar surface area (TPSA) is 178 Å². The van der Waals surface area contributed by atoms with Gasteiger partial charge in [0.2, 0.25) is 0 Å². The van der Waals surface area contributed by atoms with Crippen LogP contribution >= 0.6 is 7.75 Å². The molecule has 2 heterocycles. The molecule has 1 aromatic heterocycles. The fourth-order valence-corrected chi connectivity index (χ4v) is 6.09. The molecule has 0 amide bonds. The van der Waals surface area contributed by atoms with Crippen LogP contribution in [0.4, 0.5) is 0 Å². The molecular weight excluding hydrogens is 533 g/mol. The number of carbonyl (C=O) groups excluding carboxylic acids is 1. The first-order chi connectivity index (χ1) is 18.4. The van der Waals surface area contributed by atoms with Crippen molar-refractivity contribution in [1.29, 1.82) is 0 Å². The van der Waals surface area contributed by atoms with E-state index in [-0.39, 0.29) is 11.9 Å². The molecule has 5 unspecified atom stereocenters. The number of hydrogen-bond donors (Lipinski definition) is 4. The number of carbonyl (C=O) groups is 1. The molecule has 2 fully saturated rings. The van der Waals surface area contributed by atoms with Crippen LogP contribution in [0.25, 0.3) is 0 Å². The standard InChI is InChI=1S/C25H34N3O10P/c1-17(21(30)37-18-9-5-3-6-10-18)27-39(34,38-19-11-7-4-8-12-19)36-16-25(33)15-35-22(24(25,2)32)28-14-13-20(29)26-23(28)31/h4,7-8,11-14,17-18,22,32-33H,3,5-6,9-10,15-16H2,1-2H3,(H,27,34)(H,26,29,31). The van der Waals surface area contributed by atoms with Crippen molar-refractivity contribution in [3.8, 4) is 5.75 Å². The summed E-state index contributed by atoms with van der Waals surface area (Å²) in [5.74, 6) is -0.463. The molecule has 4 N–H and O–H groups in total. The highest BCUT2D eigenvalue weighted by Gasteiger charge is 2.59.